The monoisotopic (exact) mass is 457 g/mol. The molecule has 1 atom stereocenters. The van der Waals surface area contributed by atoms with Gasteiger partial charge in [-0.15, -0.1) is 0 Å². The van der Waals surface area contributed by atoms with Crippen LogP contribution in [0.5, 0.6) is 0 Å². The minimum absolute atomic E-state index is 0.0255. The smallest absolute Gasteiger partial charge is 0.337 e. The molecule has 182 valence electrons. The number of anilines is 1. The molecule has 1 aromatic rings. The Morgan fingerprint density at radius 1 is 1.06 bits per heavy atom. The van der Waals surface area contributed by atoms with E-state index in [9.17, 15) is 14.4 Å². The number of amides is 3. The van der Waals surface area contributed by atoms with Gasteiger partial charge in [0, 0.05) is 24.4 Å². The average Bonchev–Trinajstić information content (AvgIpc) is 2.80. The zero-order chi connectivity index (χ0) is 24.2. The molecule has 7 heteroatoms. The van der Waals surface area contributed by atoms with Crippen LogP contribution in [0.2, 0.25) is 0 Å². The second kappa shape index (κ2) is 13.7. The van der Waals surface area contributed by atoms with Gasteiger partial charge in [-0.05, 0) is 37.5 Å². The van der Waals surface area contributed by atoms with E-state index in [-0.39, 0.29) is 11.9 Å². The van der Waals surface area contributed by atoms with E-state index in [2.05, 4.69) is 17.6 Å². The summed E-state index contributed by atoms with van der Waals surface area (Å²) in [5.41, 5.74) is 2.35. The summed E-state index contributed by atoms with van der Waals surface area (Å²) in [6.07, 6.45) is 9.37. The van der Waals surface area contributed by atoms with Crippen molar-refractivity contribution >= 4 is 23.6 Å². The average molecular weight is 458 g/mol. The van der Waals surface area contributed by atoms with Crippen molar-refractivity contribution in [2.24, 2.45) is 0 Å². The van der Waals surface area contributed by atoms with Gasteiger partial charge in [-0.1, -0.05) is 64.5 Å². The van der Waals surface area contributed by atoms with Crippen molar-refractivity contribution in [3.05, 3.63) is 41.1 Å². The van der Waals surface area contributed by atoms with Gasteiger partial charge in [0.15, 0.2) is 0 Å². The molecule has 7 nitrogen and oxygen atoms in total. The fraction of sp³-hybridized carbons (Fsp3) is 0.577. The Bertz CT molecular complexity index is 850. The summed E-state index contributed by atoms with van der Waals surface area (Å²) in [7, 11) is 1.33. The van der Waals surface area contributed by atoms with Crippen LogP contribution in [-0.2, 0) is 14.3 Å². The Labute approximate surface area is 197 Å². The molecule has 33 heavy (non-hydrogen) atoms. The highest BCUT2D eigenvalue weighted by molar-refractivity contribution is 5.95. The van der Waals surface area contributed by atoms with Gasteiger partial charge in [-0.25, -0.2) is 9.59 Å². The van der Waals surface area contributed by atoms with Gasteiger partial charge in [-0.3, -0.25) is 9.69 Å². The van der Waals surface area contributed by atoms with Crippen molar-refractivity contribution in [2.75, 3.05) is 19.0 Å². The zero-order valence-electron chi connectivity index (χ0n) is 20.5. The predicted molar refractivity (Wildman–Crippen MR) is 131 cm³/mol. The first-order valence-electron chi connectivity index (χ1n) is 12.2. The van der Waals surface area contributed by atoms with Gasteiger partial charge in [0.2, 0.25) is 5.91 Å². The normalized spacial score (nSPS) is 15.9. The van der Waals surface area contributed by atoms with E-state index in [1.165, 1.54) is 39.2 Å². The van der Waals surface area contributed by atoms with Gasteiger partial charge in [0.05, 0.1) is 18.7 Å². The molecule has 0 aromatic heterocycles. The number of carbonyl (C=O) groups is 3. The number of nitrogens with zero attached hydrogens (tertiary/aromatic N) is 1. The summed E-state index contributed by atoms with van der Waals surface area (Å²) in [4.78, 5) is 39.2. The number of benzene rings is 1. The fourth-order valence-electron chi connectivity index (χ4n) is 4.16. The van der Waals surface area contributed by atoms with Crippen LogP contribution in [0.3, 0.4) is 0 Å². The summed E-state index contributed by atoms with van der Waals surface area (Å²) in [6, 6.07) is 6.38. The molecule has 1 aliphatic heterocycles. The molecule has 0 saturated carbocycles. The second-order valence-electron chi connectivity index (χ2n) is 8.57. The van der Waals surface area contributed by atoms with Crippen LogP contribution in [-0.4, -0.2) is 36.5 Å². The Morgan fingerprint density at radius 2 is 1.76 bits per heavy atom. The molecule has 2 N–H and O–H groups in total. The predicted octanol–water partition coefficient (Wildman–Crippen LogP) is 5.69. The lowest BCUT2D eigenvalue weighted by Gasteiger charge is -2.35. The minimum atomic E-state index is -0.641. The summed E-state index contributed by atoms with van der Waals surface area (Å²) >= 11 is 0. The van der Waals surface area contributed by atoms with Gasteiger partial charge in [0.25, 0.3) is 0 Å². The molecule has 1 heterocycles. The van der Waals surface area contributed by atoms with E-state index in [0.717, 1.165) is 19.3 Å². The van der Waals surface area contributed by atoms with Crippen molar-refractivity contribution in [3.8, 4) is 0 Å². The van der Waals surface area contributed by atoms with Gasteiger partial charge in [0.1, 0.15) is 0 Å². The van der Waals surface area contributed by atoms with E-state index in [1.54, 1.807) is 17.9 Å². The lowest BCUT2D eigenvalue weighted by molar-refractivity contribution is -0.136. The molecule has 3 amide bonds. The van der Waals surface area contributed by atoms with E-state index in [4.69, 9.17) is 4.74 Å². The number of hydrogen-bond donors (Lipinski definition) is 2. The SMILES string of the molecule is CCCCCCCCCC(=O)Nc1cccc([C@@H]2NC(=O)N(CCC)C(C)=C2C(=O)OC)c1. The quantitative estimate of drug-likeness (QED) is 0.294. The molecule has 0 saturated heterocycles. The highest BCUT2D eigenvalue weighted by Gasteiger charge is 2.35. The standard InChI is InChI=1S/C26H39N3O4/c1-5-7-8-9-10-11-12-16-22(30)27-21-15-13-14-20(18-21)24-23(25(31)33-4)19(3)29(17-6-2)26(32)28-24/h13-15,18,24H,5-12,16-17H2,1-4H3,(H,27,30)(H,28,32)/t24-/m0/s1. The van der Waals surface area contributed by atoms with Crippen LogP contribution in [0, 0.1) is 0 Å². The maximum atomic E-state index is 12.7. The number of carbonyl (C=O) groups excluding carboxylic acids is 3. The number of allylic oxidation sites excluding steroid dienone is 1. The van der Waals surface area contributed by atoms with E-state index in [0.29, 0.717) is 35.5 Å². The molecule has 0 radical (unpaired) electrons. The van der Waals surface area contributed by atoms with Crippen molar-refractivity contribution < 1.29 is 19.1 Å². The number of rotatable bonds is 13. The van der Waals surface area contributed by atoms with Crippen LogP contribution < -0.4 is 10.6 Å². The zero-order valence-corrected chi connectivity index (χ0v) is 20.5. The second-order valence-corrected chi connectivity index (χ2v) is 8.57. The third kappa shape index (κ3) is 7.62. The lowest BCUT2D eigenvalue weighted by atomic mass is 9.94. The molecule has 2 rings (SSSR count). The van der Waals surface area contributed by atoms with Crippen LogP contribution in [0.1, 0.15) is 90.2 Å². The summed E-state index contributed by atoms with van der Waals surface area (Å²) in [6.45, 7) is 6.46. The Morgan fingerprint density at radius 3 is 2.42 bits per heavy atom. The van der Waals surface area contributed by atoms with E-state index >= 15 is 0 Å². The number of methoxy groups -OCH3 is 1. The fourth-order valence-corrected chi connectivity index (χ4v) is 4.16. The molecule has 0 aliphatic carbocycles. The molecule has 0 unspecified atom stereocenters. The molecular weight excluding hydrogens is 418 g/mol. The molecule has 0 spiro atoms. The van der Waals surface area contributed by atoms with Crippen LogP contribution in [0.4, 0.5) is 10.5 Å². The summed E-state index contributed by atoms with van der Waals surface area (Å²) in [5.74, 6) is -0.505. The van der Waals surface area contributed by atoms with Crippen molar-refractivity contribution in [2.45, 2.75) is 84.6 Å². The number of unbranched alkanes of at least 4 members (excludes halogenated alkanes) is 6. The van der Waals surface area contributed by atoms with Gasteiger partial charge >= 0.3 is 12.0 Å². The lowest BCUT2D eigenvalue weighted by Crippen LogP contribution is -2.48. The highest BCUT2D eigenvalue weighted by Crippen LogP contribution is 2.32. The maximum absolute atomic E-state index is 12.7. The Balaban J connectivity index is 2.07. The molecular formula is C26H39N3O4. The molecule has 0 bridgehead atoms. The Kier molecular flexibility index (Phi) is 10.9. The molecule has 1 aliphatic rings. The number of urea groups is 1. The summed E-state index contributed by atoms with van der Waals surface area (Å²) < 4.78 is 5.01. The first kappa shape index (κ1) is 26.4. The van der Waals surface area contributed by atoms with E-state index in [1.807, 2.05) is 25.1 Å². The maximum Gasteiger partial charge on any atom is 0.337 e. The third-order valence-electron chi connectivity index (χ3n) is 5.96. The van der Waals surface area contributed by atoms with Crippen molar-refractivity contribution in [3.63, 3.8) is 0 Å². The summed E-state index contributed by atoms with van der Waals surface area (Å²) in [5, 5.41) is 5.87. The topological polar surface area (TPSA) is 87.7 Å². The largest absolute Gasteiger partial charge is 0.466 e. The van der Waals surface area contributed by atoms with Crippen molar-refractivity contribution in [1.82, 2.24) is 10.2 Å². The Hall–Kier alpha value is -2.83. The highest BCUT2D eigenvalue weighted by atomic mass is 16.5. The third-order valence-corrected chi connectivity index (χ3v) is 5.96. The minimum Gasteiger partial charge on any atom is -0.466 e. The van der Waals surface area contributed by atoms with Crippen LogP contribution in [0.25, 0.3) is 0 Å². The molecule has 0 fully saturated rings. The van der Waals surface area contributed by atoms with Crippen LogP contribution in [0.15, 0.2) is 35.5 Å². The number of nitrogens with one attached hydrogen (secondary N) is 2. The molecule has 1 aromatic carbocycles. The number of hydrogen-bond acceptors (Lipinski definition) is 4. The van der Waals surface area contributed by atoms with Crippen LogP contribution >= 0.6 is 0 Å². The number of esters is 1. The van der Waals surface area contributed by atoms with Gasteiger partial charge in [-0.2, -0.15) is 0 Å². The number of ether oxygens (including phenoxy) is 1. The first-order chi connectivity index (χ1) is 15.9. The van der Waals surface area contributed by atoms with Gasteiger partial charge < -0.3 is 15.4 Å². The van der Waals surface area contributed by atoms with Crippen molar-refractivity contribution in [1.29, 1.82) is 0 Å². The first-order valence-corrected chi connectivity index (χ1v) is 12.2. The van der Waals surface area contributed by atoms with E-state index < -0.39 is 12.0 Å².